The van der Waals surface area contributed by atoms with Crippen LogP contribution in [0.3, 0.4) is 0 Å². The minimum atomic E-state index is -0.417. The summed E-state index contributed by atoms with van der Waals surface area (Å²) in [5.74, 6) is 0.456. The number of aromatic nitrogens is 3. The molecule has 9 heteroatoms. The summed E-state index contributed by atoms with van der Waals surface area (Å²) in [7, 11) is 0. The lowest BCUT2D eigenvalue weighted by Gasteiger charge is -2.16. The van der Waals surface area contributed by atoms with E-state index in [0.717, 1.165) is 18.4 Å². The summed E-state index contributed by atoms with van der Waals surface area (Å²) in [5.41, 5.74) is 1.09. The quantitative estimate of drug-likeness (QED) is 0.272. The lowest BCUT2D eigenvalue weighted by atomic mass is 10.2. The minimum absolute atomic E-state index is 0.00853. The second-order valence-corrected chi connectivity index (χ2v) is 7.48. The Hall–Kier alpha value is -2.78. The Morgan fingerprint density at radius 1 is 1.32 bits per heavy atom. The molecule has 8 nitrogen and oxygen atoms in total. The summed E-state index contributed by atoms with van der Waals surface area (Å²) in [6.07, 6.45) is 3.49. The SMILES string of the molecule is O=c1c2cccnc2nc(SCc2cccc([N+](=O)[O-])c2)n1CC1CCCO1. The zero-order valence-electron chi connectivity index (χ0n) is 15.0. The van der Waals surface area contributed by atoms with Crippen LogP contribution in [-0.2, 0) is 17.0 Å². The highest BCUT2D eigenvalue weighted by atomic mass is 32.2. The summed E-state index contributed by atoms with van der Waals surface area (Å²) in [5, 5.41) is 12.0. The Kier molecular flexibility index (Phi) is 5.36. The number of thioether (sulfide) groups is 1. The number of fused-ring (bicyclic) bond motifs is 1. The third-order valence-electron chi connectivity index (χ3n) is 4.59. The smallest absolute Gasteiger partial charge is 0.269 e. The molecule has 1 aliphatic heterocycles. The van der Waals surface area contributed by atoms with Crippen LogP contribution in [0.15, 0.2) is 52.5 Å². The third kappa shape index (κ3) is 3.90. The van der Waals surface area contributed by atoms with E-state index in [4.69, 9.17) is 4.74 Å². The van der Waals surface area contributed by atoms with E-state index in [2.05, 4.69) is 9.97 Å². The second kappa shape index (κ2) is 8.07. The molecule has 0 radical (unpaired) electrons. The van der Waals surface area contributed by atoms with Gasteiger partial charge >= 0.3 is 0 Å². The molecule has 144 valence electrons. The fourth-order valence-corrected chi connectivity index (χ4v) is 4.15. The first kappa shape index (κ1) is 18.6. The first-order valence-electron chi connectivity index (χ1n) is 8.95. The number of ether oxygens (including phenoxy) is 1. The van der Waals surface area contributed by atoms with Gasteiger partial charge in [0.2, 0.25) is 0 Å². The zero-order valence-corrected chi connectivity index (χ0v) is 15.8. The van der Waals surface area contributed by atoms with Crippen LogP contribution in [0.1, 0.15) is 18.4 Å². The van der Waals surface area contributed by atoms with Crippen LogP contribution in [0.25, 0.3) is 11.0 Å². The molecular weight excluding hydrogens is 380 g/mol. The van der Waals surface area contributed by atoms with E-state index in [-0.39, 0.29) is 17.4 Å². The van der Waals surface area contributed by atoms with E-state index in [1.165, 1.54) is 23.9 Å². The van der Waals surface area contributed by atoms with Crippen molar-refractivity contribution in [2.24, 2.45) is 0 Å². The van der Waals surface area contributed by atoms with E-state index >= 15 is 0 Å². The topological polar surface area (TPSA) is 100 Å². The highest BCUT2D eigenvalue weighted by Crippen LogP contribution is 2.25. The number of hydrogen-bond donors (Lipinski definition) is 0. The first-order valence-corrected chi connectivity index (χ1v) is 9.93. The van der Waals surface area contributed by atoms with Gasteiger partial charge in [0.05, 0.1) is 23.0 Å². The van der Waals surface area contributed by atoms with E-state index < -0.39 is 4.92 Å². The molecule has 0 bridgehead atoms. The Labute approximate surface area is 164 Å². The largest absolute Gasteiger partial charge is 0.376 e. The van der Waals surface area contributed by atoms with Gasteiger partial charge in [-0.3, -0.25) is 19.5 Å². The van der Waals surface area contributed by atoms with Gasteiger partial charge in [0.15, 0.2) is 10.8 Å². The number of nitro benzene ring substituents is 1. The van der Waals surface area contributed by atoms with Crippen LogP contribution in [-0.4, -0.2) is 32.2 Å². The maximum atomic E-state index is 13.0. The van der Waals surface area contributed by atoms with Crippen LogP contribution in [0, 0.1) is 10.1 Å². The van der Waals surface area contributed by atoms with Crippen LogP contribution in [0.5, 0.6) is 0 Å². The molecule has 4 rings (SSSR count). The summed E-state index contributed by atoms with van der Waals surface area (Å²) < 4.78 is 7.34. The highest BCUT2D eigenvalue weighted by Gasteiger charge is 2.20. The lowest BCUT2D eigenvalue weighted by molar-refractivity contribution is -0.384. The molecule has 1 fully saturated rings. The standard InChI is InChI=1S/C19H18N4O4S/c24-18-16-7-2-8-20-17(16)21-19(22(18)11-15-6-3-9-27-15)28-12-13-4-1-5-14(10-13)23(25)26/h1-2,4-5,7-8,10,15H,3,6,9,11-12H2. The molecule has 0 spiro atoms. The molecule has 1 unspecified atom stereocenters. The molecule has 3 aromatic rings. The Morgan fingerprint density at radius 3 is 3.00 bits per heavy atom. The number of non-ortho nitro benzene ring substituents is 1. The number of nitrogens with zero attached hydrogens (tertiary/aromatic N) is 4. The van der Waals surface area contributed by atoms with Crippen molar-refractivity contribution in [2.45, 2.75) is 36.4 Å². The fraction of sp³-hybridized carbons (Fsp3) is 0.316. The van der Waals surface area contributed by atoms with Gasteiger partial charge in [0.1, 0.15) is 0 Å². The van der Waals surface area contributed by atoms with Crippen molar-refractivity contribution in [3.8, 4) is 0 Å². The molecule has 28 heavy (non-hydrogen) atoms. The highest BCUT2D eigenvalue weighted by molar-refractivity contribution is 7.98. The molecule has 1 saturated heterocycles. The van der Waals surface area contributed by atoms with Crippen LogP contribution in [0.2, 0.25) is 0 Å². The molecule has 2 aromatic heterocycles. The van der Waals surface area contributed by atoms with Crippen LogP contribution in [0.4, 0.5) is 5.69 Å². The first-order chi connectivity index (χ1) is 13.6. The van der Waals surface area contributed by atoms with E-state index in [0.29, 0.717) is 35.1 Å². The molecule has 0 N–H and O–H groups in total. The van der Waals surface area contributed by atoms with Crippen LogP contribution < -0.4 is 5.56 Å². The second-order valence-electron chi connectivity index (χ2n) is 6.54. The molecule has 1 aliphatic rings. The van der Waals surface area contributed by atoms with Crippen molar-refractivity contribution in [3.05, 3.63) is 68.6 Å². The molecule has 0 amide bonds. The van der Waals surface area contributed by atoms with Crippen molar-refractivity contribution in [2.75, 3.05) is 6.61 Å². The maximum absolute atomic E-state index is 13.0. The predicted molar refractivity (Wildman–Crippen MR) is 105 cm³/mol. The maximum Gasteiger partial charge on any atom is 0.269 e. The fourth-order valence-electron chi connectivity index (χ4n) is 3.21. The Bertz CT molecular complexity index is 1080. The molecule has 1 aromatic carbocycles. The molecular formula is C19H18N4O4S. The van der Waals surface area contributed by atoms with Gasteiger partial charge in [-0.05, 0) is 30.5 Å². The average Bonchev–Trinajstić information content (AvgIpc) is 3.22. The van der Waals surface area contributed by atoms with E-state index in [9.17, 15) is 14.9 Å². The van der Waals surface area contributed by atoms with E-state index in [1.54, 1.807) is 29.0 Å². The van der Waals surface area contributed by atoms with Crippen molar-refractivity contribution in [3.63, 3.8) is 0 Å². The average molecular weight is 398 g/mol. The summed E-state index contributed by atoms with van der Waals surface area (Å²) in [4.78, 5) is 32.4. The van der Waals surface area contributed by atoms with Crippen molar-refractivity contribution < 1.29 is 9.66 Å². The third-order valence-corrected chi connectivity index (χ3v) is 5.64. The van der Waals surface area contributed by atoms with E-state index in [1.807, 2.05) is 6.07 Å². The van der Waals surface area contributed by atoms with Gasteiger partial charge in [-0.15, -0.1) is 0 Å². The summed E-state index contributed by atoms with van der Waals surface area (Å²) in [6.45, 7) is 1.14. The van der Waals surface area contributed by atoms with Crippen molar-refractivity contribution in [1.82, 2.24) is 14.5 Å². The number of nitro groups is 1. The van der Waals surface area contributed by atoms with Gasteiger partial charge < -0.3 is 4.74 Å². The lowest BCUT2D eigenvalue weighted by Crippen LogP contribution is -2.29. The number of hydrogen-bond acceptors (Lipinski definition) is 7. The monoisotopic (exact) mass is 398 g/mol. The Balaban J connectivity index is 1.67. The summed E-state index contributed by atoms with van der Waals surface area (Å²) >= 11 is 1.37. The van der Waals surface area contributed by atoms with Crippen molar-refractivity contribution >= 4 is 28.5 Å². The molecule has 0 aliphatic carbocycles. The molecule has 1 atom stereocenters. The van der Waals surface area contributed by atoms with Gasteiger partial charge in [-0.2, -0.15) is 0 Å². The van der Waals surface area contributed by atoms with Gasteiger partial charge in [-0.1, -0.05) is 23.9 Å². The van der Waals surface area contributed by atoms with Crippen LogP contribution >= 0.6 is 11.8 Å². The van der Waals surface area contributed by atoms with Gasteiger partial charge in [-0.25, -0.2) is 9.97 Å². The number of benzene rings is 1. The predicted octanol–water partition coefficient (Wildman–Crippen LogP) is 3.17. The normalized spacial score (nSPS) is 16.5. The minimum Gasteiger partial charge on any atom is -0.376 e. The number of pyridine rings is 1. The number of rotatable bonds is 6. The van der Waals surface area contributed by atoms with Crippen molar-refractivity contribution in [1.29, 1.82) is 0 Å². The Morgan fingerprint density at radius 2 is 2.21 bits per heavy atom. The molecule has 0 saturated carbocycles. The zero-order chi connectivity index (χ0) is 19.5. The molecule has 3 heterocycles. The summed E-state index contributed by atoms with van der Waals surface area (Å²) in [6, 6.07) is 9.91. The van der Waals surface area contributed by atoms with Gasteiger partial charge in [0, 0.05) is 30.7 Å². The van der Waals surface area contributed by atoms with Gasteiger partial charge in [0.25, 0.3) is 11.2 Å².